The Balaban J connectivity index is 1.51. The van der Waals surface area contributed by atoms with Gasteiger partial charge in [-0.05, 0) is 49.6 Å². The minimum atomic E-state index is -0.776. The van der Waals surface area contributed by atoms with Crippen molar-refractivity contribution >= 4 is 33.9 Å². The Kier molecular flexibility index (Phi) is 5.21. The number of hydrogen-bond acceptors (Lipinski definition) is 5. The molecular weight excluding hydrogens is 478 g/mol. The number of carbonyl (C=O) groups excluding carboxylic acids is 2. The van der Waals surface area contributed by atoms with Gasteiger partial charge in [0.25, 0.3) is 5.91 Å². The van der Waals surface area contributed by atoms with Gasteiger partial charge in [-0.25, -0.2) is 4.79 Å². The standard InChI is InChI=1S/C32H27NO5/c1-31(2)18-32(3,20-11-6-5-7-12-20)24-14-9-13-21-22(29(35)33(31)27(21)24)17-25(34)23-16-19-10-8-15-26(37-4)28(19)38-30(23)36/h5-17H,18H2,1-4H3/b22-17+. The maximum absolute atomic E-state index is 13.9. The van der Waals surface area contributed by atoms with Gasteiger partial charge in [0.05, 0.1) is 18.4 Å². The van der Waals surface area contributed by atoms with E-state index in [-0.39, 0.29) is 28.0 Å². The third-order valence-electron chi connectivity index (χ3n) is 7.86. The largest absolute Gasteiger partial charge is 0.493 e. The predicted molar refractivity (Wildman–Crippen MR) is 147 cm³/mol. The van der Waals surface area contributed by atoms with Crippen LogP contribution in [0.1, 0.15) is 54.2 Å². The van der Waals surface area contributed by atoms with Crippen LogP contribution in [0.3, 0.4) is 0 Å². The van der Waals surface area contributed by atoms with Crippen LogP contribution >= 0.6 is 0 Å². The molecule has 0 saturated heterocycles. The van der Waals surface area contributed by atoms with Crippen LogP contribution in [0.25, 0.3) is 16.5 Å². The van der Waals surface area contributed by atoms with Crippen molar-refractivity contribution in [3.05, 3.63) is 112 Å². The number of carbonyl (C=O) groups is 2. The summed E-state index contributed by atoms with van der Waals surface area (Å²) in [5, 5.41) is 0.561. The molecule has 1 atom stereocenters. The van der Waals surface area contributed by atoms with Gasteiger partial charge in [-0.15, -0.1) is 0 Å². The lowest BCUT2D eigenvalue weighted by molar-refractivity contribution is -0.114. The van der Waals surface area contributed by atoms with Crippen LogP contribution in [0.5, 0.6) is 5.75 Å². The van der Waals surface area contributed by atoms with Crippen LogP contribution in [-0.4, -0.2) is 24.3 Å². The summed E-state index contributed by atoms with van der Waals surface area (Å²) in [6, 6.07) is 22.8. The summed E-state index contributed by atoms with van der Waals surface area (Å²) in [4.78, 5) is 41.9. The number of nitrogens with zero attached hydrogens (tertiary/aromatic N) is 1. The first-order valence-electron chi connectivity index (χ1n) is 12.6. The molecule has 0 aliphatic carbocycles. The van der Waals surface area contributed by atoms with Crippen molar-refractivity contribution in [3.63, 3.8) is 0 Å². The second-order valence-corrected chi connectivity index (χ2v) is 10.8. The molecule has 0 spiro atoms. The topological polar surface area (TPSA) is 76.8 Å². The average molecular weight is 506 g/mol. The molecule has 0 fully saturated rings. The molecule has 0 radical (unpaired) electrons. The summed E-state index contributed by atoms with van der Waals surface area (Å²) in [5.74, 6) is -0.414. The van der Waals surface area contributed by atoms with Crippen molar-refractivity contribution in [2.45, 2.75) is 38.1 Å². The van der Waals surface area contributed by atoms with Crippen LogP contribution in [0.2, 0.25) is 0 Å². The molecule has 0 N–H and O–H groups in total. The van der Waals surface area contributed by atoms with Gasteiger partial charge in [0, 0.05) is 21.9 Å². The minimum absolute atomic E-state index is 0.134. The molecule has 6 nitrogen and oxygen atoms in total. The lowest BCUT2D eigenvalue weighted by Crippen LogP contribution is -2.54. The van der Waals surface area contributed by atoms with Gasteiger partial charge in [-0.2, -0.15) is 0 Å². The average Bonchev–Trinajstić information content (AvgIpc) is 3.19. The van der Waals surface area contributed by atoms with E-state index >= 15 is 0 Å². The zero-order chi connectivity index (χ0) is 26.8. The van der Waals surface area contributed by atoms with Crippen LogP contribution in [-0.2, 0) is 10.2 Å². The zero-order valence-corrected chi connectivity index (χ0v) is 21.7. The number of para-hydroxylation sites is 2. The van der Waals surface area contributed by atoms with Gasteiger partial charge in [-0.1, -0.05) is 67.6 Å². The highest BCUT2D eigenvalue weighted by molar-refractivity contribution is 6.36. The van der Waals surface area contributed by atoms with E-state index in [1.165, 1.54) is 24.8 Å². The second kappa shape index (κ2) is 8.28. The zero-order valence-electron chi connectivity index (χ0n) is 21.7. The first kappa shape index (κ1) is 23.9. The molecule has 0 bridgehead atoms. The molecule has 1 amide bonds. The SMILES string of the molecule is COc1cccc2cc(C(=O)/C=C3/C(=O)N4c5c3cccc5C(C)(c3ccccc3)CC4(C)C)c(=O)oc12. The first-order chi connectivity index (χ1) is 18.2. The normalized spacial score (nSPS) is 20.6. The fourth-order valence-electron chi connectivity index (χ4n) is 6.26. The van der Waals surface area contributed by atoms with Crippen molar-refractivity contribution < 1.29 is 18.7 Å². The Morgan fingerprint density at radius 2 is 1.71 bits per heavy atom. The van der Waals surface area contributed by atoms with Gasteiger partial charge in [0.15, 0.2) is 17.1 Å². The lowest BCUT2D eigenvalue weighted by atomic mass is 9.65. The molecule has 4 aromatic rings. The van der Waals surface area contributed by atoms with E-state index in [0.717, 1.165) is 11.3 Å². The quantitative estimate of drug-likeness (QED) is 0.196. The predicted octanol–water partition coefficient (Wildman–Crippen LogP) is 5.90. The molecule has 6 heteroatoms. The molecule has 2 aliphatic heterocycles. The number of fused-ring (bicyclic) bond motifs is 1. The van der Waals surface area contributed by atoms with E-state index in [9.17, 15) is 14.4 Å². The van der Waals surface area contributed by atoms with E-state index < -0.39 is 16.9 Å². The number of ether oxygens (including phenoxy) is 1. The Hall–Kier alpha value is -4.45. The summed E-state index contributed by atoms with van der Waals surface area (Å²) >= 11 is 0. The van der Waals surface area contributed by atoms with Crippen LogP contribution in [0, 0.1) is 0 Å². The summed E-state index contributed by atoms with van der Waals surface area (Å²) in [5.41, 5.74) is 2.54. The summed E-state index contributed by atoms with van der Waals surface area (Å²) < 4.78 is 10.7. The molecule has 2 aliphatic rings. The number of rotatable bonds is 4. The number of hydrogen-bond donors (Lipinski definition) is 0. The highest BCUT2D eigenvalue weighted by Crippen LogP contribution is 2.55. The smallest absolute Gasteiger partial charge is 0.347 e. The molecule has 1 unspecified atom stereocenters. The van der Waals surface area contributed by atoms with Gasteiger partial charge in [0.1, 0.15) is 5.56 Å². The lowest BCUT2D eigenvalue weighted by Gasteiger charge is -2.49. The van der Waals surface area contributed by atoms with Crippen molar-refractivity contribution in [2.24, 2.45) is 0 Å². The summed E-state index contributed by atoms with van der Waals surface area (Å²) in [6.45, 7) is 6.33. The molecule has 190 valence electrons. The fourth-order valence-corrected chi connectivity index (χ4v) is 6.26. The molecule has 0 saturated carbocycles. The van der Waals surface area contributed by atoms with Gasteiger partial charge < -0.3 is 14.1 Å². The highest BCUT2D eigenvalue weighted by atomic mass is 16.5. The third-order valence-corrected chi connectivity index (χ3v) is 7.86. The monoisotopic (exact) mass is 505 g/mol. The van der Waals surface area contributed by atoms with Crippen LogP contribution < -0.4 is 15.3 Å². The van der Waals surface area contributed by atoms with Crippen molar-refractivity contribution in [2.75, 3.05) is 12.0 Å². The van der Waals surface area contributed by atoms with Crippen LogP contribution in [0.15, 0.2) is 88.1 Å². The number of allylic oxidation sites excluding steroid dienone is 1. The van der Waals surface area contributed by atoms with Gasteiger partial charge in [0.2, 0.25) is 0 Å². The van der Waals surface area contributed by atoms with E-state index in [1.54, 1.807) is 18.2 Å². The summed E-state index contributed by atoms with van der Waals surface area (Å²) in [6.07, 6.45) is 1.99. The van der Waals surface area contributed by atoms with E-state index in [1.807, 2.05) is 35.2 Å². The summed E-state index contributed by atoms with van der Waals surface area (Å²) in [7, 11) is 1.48. The third kappa shape index (κ3) is 3.36. The Bertz CT molecular complexity index is 1730. The molecular formula is C32H27NO5. The molecule has 1 aromatic heterocycles. The van der Waals surface area contributed by atoms with Gasteiger partial charge >= 0.3 is 5.63 Å². The molecule has 3 heterocycles. The van der Waals surface area contributed by atoms with Crippen molar-refractivity contribution in [3.8, 4) is 5.75 Å². The maximum Gasteiger partial charge on any atom is 0.347 e. The van der Waals surface area contributed by atoms with Crippen molar-refractivity contribution in [1.82, 2.24) is 0 Å². The van der Waals surface area contributed by atoms with Crippen molar-refractivity contribution in [1.29, 1.82) is 0 Å². The Morgan fingerprint density at radius 1 is 0.974 bits per heavy atom. The maximum atomic E-state index is 13.9. The van der Waals surface area contributed by atoms with Gasteiger partial charge in [-0.3, -0.25) is 9.59 Å². The number of methoxy groups -OCH3 is 1. The Labute approximate surface area is 220 Å². The molecule has 6 rings (SSSR count). The Morgan fingerprint density at radius 3 is 2.45 bits per heavy atom. The number of amides is 1. The minimum Gasteiger partial charge on any atom is -0.493 e. The molecule has 38 heavy (non-hydrogen) atoms. The fraction of sp³-hybridized carbons (Fsp3) is 0.219. The number of ketones is 1. The molecule has 3 aromatic carbocycles. The second-order valence-electron chi connectivity index (χ2n) is 10.8. The van der Waals surface area contributed by atoms with E-state index in [2.05, 4.69) is 39.0 Å². The number of benzene rings is 3. The van der Waals surface area contributed by atoms with Crippen LogP contribution in [0.4, 0.5) is 5.69 Å². The van der Waals surface area contributed by atoms with E-state index in [4.69, 9.17) is 9.15 Å². The highest BCUT2D eigenvalue weighted by Gasteiger charge is 2.52. The number of anilines is 1. The first-order valence-corrected chi connectivity index (χ1v) is 12.6. The van der Waals surface area contributed by atoms with E-state index in [0.29, 0.717) is 23.1 Å².